The molecule has 0 aliphatic heterocycles. The van der Waals surface area contributed by atoms with Crippen LogP contribution in [-0.2, 0) is 5.75 Å². The molecule has 4 heteroatoms. The largest absolute Gasteiger partial charge is 0.322 e. The number of amides is 1. The number of fused-ring (bicyclic) bond motifs is 1. The Kier molecular flexibility index (Phi) is 4.39. The van der Waals surface area contributed by atoms with Crippen molar-refractivity contribution in [3.63, 3.8) is 0 Å². The third-order valence-corrected chi connectivity index (χ3v) is 4.01. The number of nitrogens with zero attached hydrogens (tertiary/aromatic N) is 1. The van der Waals surface area contributed by atoms with Crippen molar-refractivity contribution < 1.29 is 4.79 Å². The van der Waals surface area contributed by atoms with E-state index in [-0.39, 0.29) is 5.91 Å². The molecule has 0 aliphatic carbocycles. The highest BCUT2D eigenvalue weighted by Crippen LogP contribution is 2.18. The fraction of sp³-hybridized carbons (Fsp3) is 0.111. The van der Waals surface area contributed by atoms with Crippen molar-refractivity contribution in [2.45, 2.75) is 5.75 Å². The van der Waals surface area contributed by atoms with Gasteiger partial charge < -0.3 is 5.32 Å². The first kappa shape index (κ1) is 14.6. The van der Waals surface area contributed by atoms with E-state index in [4.69, 9.17) is 0 Å². The van der Waals surface area contributed by atoms with Gasteiger partial charge in [0, 0.05) is 28.6 Å². The Morgan fingerprint density at radius 3 is 2.73 bits per heavy atom. The van der Waals surface area contributed by atoms with Crippen molar-refractivity contribution in [2.75, 3.05) is 11.6 Å². The Hall–Kier alpha value is -2.33. The molecule has 1 N–H and O–H groups in total. The summed E-state index contributed by atoms with van der Waals surface area (Å²) in [5.41, 5.74) is 3.58. The predicted octanol–water partition coefficient (Wildman–Crippen LogP) is 4.35. The van der Waals surface area contributed by atoms with Gasteiger partial charge in [-0.05, 0) is 48.2 Å². The van der Waals surface area contributed by atoms with Crippen LogP contribution < -0.4 is 5.32 Å². The van der Waals surface area contributed by atoms with Crippen molar-refractivity contribution in [1.82, 2.24) is 4.98 Å². The van der Waals surface area contributed by atoms with Gasteiger partial charge in [0.25, 0.3) is 5.91 Å². The summed E-state index contributed by atoms with van der Waals surface area (Å²) >= 11 is 1.77. The summed E-state index contributed by atoms with van der Waals surface area (Å²) in [6.07, 6.45) is 3.83. The number of carbonyl (C=O) groups is 1. The minimum Gasteiger partial charge on any atom is -0.322 e. The fourth-order valence-corrected chi connectivity index (χ4v) is 2.80. The number of carbonyl (C=O) groups excluding carboxylic acids is 1. The van der Waals surface area contributed by atoms with Crippen LogP contribution in [0.4, 0.5) is 5.69 Å². The van der Waals surface area contributed by atoms with Crippen LogP contribution in [-0.4, -0.2) is 17.1 Å². The summed E-state index contributed by atoms with van der Waals surface area (Å²) in [5.74, 6) is 0.860. The summed E-state index contributed by atoms with van der Waals surface area (Å²) in [5, 5.41) is 3.94. The Morgan fingerprint density at radius 1 is 1.14 bits per heavy atom. The molecule has 0 fully saturated rings. The predicted molar refractivity (Wildman–Crippen MR) is 93.4 cm³/mol. The van der Waals surface area contributed by atoms with Crippen LogP contribution in [0.5, 0.6) is 0 Å². The Bertz CT molecular complexity index is 800. The van der Waals surface area contributed by atoms with Gasteiger partial charge in [-0.15, -0.1) is 0 Å². The molecule has 0 bridgehead atoms. The number of pyridine rings is 1. The Balaban J connectivity index is 1.77. The number of aromatic nitrogens is 1. The van der Waals surface area contributed by atoms with Crippen LogP contribution in [0.2, 0.25) is 0 Å². The molecule has 3 nitrogen and oxygen atoms in total. The topological polar surface area (TPSA) is 42.0 Å². The van der Waals surface area contributed by atoms with Crippen LogP contribution in [0.3, 0.4) is 0 Å². The second-order valence-corrected chi connectivity index (χ2v) is 5.86. The first-order valence-corrected chi connectivity index (χ1v) is 8.39. The molecule has 0 aliphatic rings. The maximum Gasteiger partial charge on any atom is 0.255 e. The number of hydrogen-bond acceptors (Lipinski definition) is 3. The lowest BCUT2D eigenvalue weighted by Crippen LogP contribution is -2.11. The molecule has 0 spiro atoms. The Labute approximate surface area is 133 Å². The molecular weight excluding hydrogens is 292 g/mol. The van der Waals surface area contributed by atoms with Crippen molar-refractivity contribution in [3.05, 3.63) is 71.9 Å². The third-order valence-electron chi connectivity index (χ3n) is 3.39. The van der Waals surface area contributed by atoms with Crippen molar-refractivity contribution in [3.8, 4) is 0 Å². The van der Waals surface area contributed by atoms with Crippen LogP contribution in [0.15, 0.2) is 60.8 Å². The molecule has 2 aromatic carbocycles. The van der Waals surface area contributed by atoms with Gasteiger partial charge in [-0.25, -0.2) is 0 Å². The Morgan fingerprint density at radius 2 is 1.95 bits per heavy atom. The van der Waals surface area contributed by atoms with Gasteiger partial charge in [-0.3, -0.25) is 9.78 Å². The van der Waals surface area contributed by atoms with Crippen molar-refractivity contribution in [2.24, 2.45) is 0 Å². The summed E-state index contributed by atoms with van der Waals surface area (Å²) in [6.45, 7) is 0. The highest BCUT2D eigenvalue weighted by Gasteiger charge is 2.06. The van der Waals surface area contributed by atoms with Gasteiger partial charge in [0.15, 0.2) is 0 Å². The van der Waals surface area contributed by atoms with Gasteiger partial charge in [-0.2, -0.15) is 11.8 Å². The van der Waals surface area contributed by atoms with E-state index in [0.717, 1.165) is 22.3 Å². The second kappa shape index (κ2) is 6.62. The van der Waals surface area contributed by atoms with E-state index in [1.165, 1.54) is 5.56 Å². The maximum absolute atomic E-state index is 12.3. The molecule has 1 heterocycles. The van der Waals surface area contributed by atoms with Crippen molar-refractivity contribution in [1.29, 1.82) is 0 Å². The number of rotatable bonds is 4. The smallest absolute Gasteiger partial charge is 0.255 e. The zero-order valence-corrected chi connectivity index (χ0v) is 13.1. The molecule has 22 heavy (non-hydrogen) atoms. The SMILES string of the molecule is CSCc1ccc(C(=O)Nc2ccc3ncccc3c2)cc1. The number of anilines is 1. The van der Waals surface area contributed by atoms with E-state index >= 15 is 0 Å². The number of benzene rings is 2. The van der Waals surface area contributed by atoms with Crippen LogP contribution in [0, 0.1) is 0 Å². The average molecular weight is 308 g/mol. The summed E-state index contributed by atoms with van der Waals surface area (Å²) in [7, 11) is 0. The summed E-state index contributed by atoms with van der Waals surface area (Å²) in [6, 6.07) is 17.3. The highest BCUT2D eigenvalue weighted by atomic mass is 32.2. The van der Waals surface area contributed by atoms with E-state index in [1.54, 1.807) is 18.0 Å². The molecule has 3 rings (SSSR count). The van der Waals surface area contributed by atoms with Gasteiger partial charge in [-0.1, -0.05) is 18.2 Å². The molecule has 0 saturated carbocycles. The molecule has 3 aromatic rings. The molecule has 0 radical (unpaired) electrons. The standard InChI is InChI=1S/C18H16N2OS/c1-22-12-13-4-6-14(7-5-13)18(21)20-16-8-9-17-15(11-16)3-2-10-19-17/h2-11H,12H2,1H3,(H,20,21). The first-order chi connectivity index (χ1) is 10.8. The lowest BCUT2D eigenvalue weighted by molar-refractivity contribution is 0.102. The molecule has 1 amide bonds. The van der Waals surface area contributed by atoms with E-state index in [0.29, 0.717) is 5.56 Å². The summed E-state index contributed by atoms with van der Waals surface area (Å²) in [4.78, 5) is 16.6. The molecule has 110 valence electrons. The van der Waals surface area contributed by atoms with Gasteiger partial charge in [0.05, 0.1) is 5.52 Å². The second-order valence-electron chi connectivity index (χ2n) is 4.99. The molecular formula is C18H16N2OS. The third kappa shape index (κ3) is 3.28. The molecule has 0 unspecified atom stereocenters. The van der Waals surface area contributed by atoms with Gasteiger partial charge >= 0.3 is 0 Å². The lowest BCUT2D eigenvalue weighted by Gasteiger charge is -2.07. The molecule has 0 saturated heterocycles. The van der Waals surface area contributed by atoms with E-state index in [9.17, 15) is 4.79 Å². The lowest BCUT2D eigenvalue weighted by atomic mass is 10.1. The van der Waals surface area contributed by atoms with E-state index < -0.39 is 0 Å². The monoisotopic (exact) mass is 308 g/mol. The fourth-order valence-electron chi connectivity index (χ4n) is 2.28. The zero-order chi connectivity index (χ0) is 15.4. The molecule has 1 aromatic heterocycles. The number of thioether (sulfide) groups is 1. The summed E-state index contributed by atoms with van der Waals surface area (Å²) < 4.78 is 0. The highest BCUT2D eigenvalue weighted by molar-refractivity contribution is 7.97. The number of nitrogens with one attached hydrogen (secondary N) is 1. The van der Waals surface area contributed by atoms with Crippen molar-refractivity contribution >= 4 is 34.3 Å². The molecule has 0 atom stereocenters. The van der Waals surface area contributed by atoms with E-state index in [2.05, 4.69) is 16.6 Å². The first-order valence-electron chi connectivity index (χ1n) is 7.00. The normalized spacial score (nSPS) is 10.6. The average Bonchev–Trinajstić information content (AvgIpc) is 2.56. The van der Waals surface area contributed by atoms with Gasteiger partial charge in [0.1, 0.15) is 0 Å². The minimum absolute atomic E-state index is 0.0982. The van der Waals surface area contributed by atoms with Crippen LogP contribution in [0.25, 0.3) is 10.9 Å². The zero-order valence-electron chi connectivity index (χ0n) is 12.2. The van der Waals surface area contributed by atoms with Crippen LogP contribution in [0.1, 0.15) is 15.9 Å². The minimum atomic E-state index is -0.0982. The quantitative estimate of drug-likeness (QED) is 0.779. The van der Waals surface area contributed by atoms with Gasteiger partial charge in [0.2, 0.25) is 0 Å². The van der Waals surface area contributed by atoms with Crippen LogP contribution >= 0.6 is 11.8 Å². The van der Waals surface area contributed by atoms with E-state index in [1.807, 2.05) is 54.6 Å². The number of hydrogen-bond donors (Lipinski definition) is 1. The maximum atomic E-state index is 12.3.